The normalized spacial score (nSPS) is 17.2. The number of hydrogen-bond donors (Lipinski definition) is 1. The smallest absolute Gasteiger partial charge is 0.251 e. The highest BCUT2D eigenvalue weighted by Gasteiger charge is 2.26. The second kappa shape index (κ2) is 9.31. The average Bonchev–Trinajstić information content (AvgIpc) is 2.62. The first-order chi connectivity index (χ1) is 11.9. The van der Waals surface area contributed by atoms with Gasteiger partial charge < -0.3 is 10.1 Å². The monoisotopic (exact) mass is 368 g/mol. The van der Waals surface area contributed by atoms with E-state index >= 15 is 0 Å². The summed E-state index contributed by atoms with van der Waals surface area (Å²) < 4.78 is 32.0. The van der Waals surface area contributed by atoms with Gasteiger partial charge in [0.15, 0.2) is 0 Å². The number of nitrogens with zero attached hydrogens (tertiary/aromatic N) is 1. The highest BCUT2D eigenvalue weighted by atomic mass is 32.2. The molecule has 0 spiro atoms. The third kappa shape index (κ3) is 5.52. The number of hydrogen-bond acceptors (Lipinski definition) is 4. The van der Waals surface area contributed by atoms with E-state index in [1.165, 1.54) is 16.4 Å². The van der Waals surface area contributed by atoms with Crippen molar-refractivity contribution in [3.05, 3.63) is 29.8 Å². The van der Waals surface area contributed by atoms with Gasteiger partial charge in [0.05, 0.1) is 18.1 Å². The Bertz CT molecular complexity index is 669. The van der Waals surface area contributed by atoms with Crippen molar-refractivity contribution in [2.75, 3.05) is 26.3 Å². The highest BCUT2D eigenvalue weighted by Crippen LogP contribution is 2.18. The number of carbonyl (C=O) groups excluding carboxylic acids is 1. The first-order valence-corrected chi connectivity index (χ1v) is 10.4. The summed E-state index contributed by atoms with van der Waals surface area (Å²) in [5.41, 5.74) is 0.372. The van der Waals surface area contributed by atoms with Gasteiger partial charge in [0.25, 0.3) is 5.91 Å². The Morgan fingerprint density at radius 3 is 2.68 bits per heavy atom. The summed E-state index contributed by atoms with van der Waals surface area (Å²) >= 11 is 0. The van der Waals surface area contributed by atoms with Crippen LogP contribution in [-0.2, 0) is 14.8 Å². The lowest BCUT2D eigenvalue weighted by Gasteiger charge is -2.26. The van der Waals surface area contributed by atoms with Crippen LogP contribution in [0.4, 0.5) is 0 Å². The zero-order valence-electron chi connectivity index (χ0n) is 15.0. The van der Waals surface area contributed by atoms with Crippen LogP contribution in [0.15, 0.2) is 29.2 Å². The van der Waals surface area contributed by atoms with Crippen LogP contribution in [0.25, 0.3) is 0 Å². The average molecular weight is 368 g/mol. The fraction of sp³-hybridized carbons (Fsp3) is 0.611. The number of benzene rings is 1. The zero-order valence-corrected chi connectivity index (χ0v) is 15.8. The molecular formula is C18H28N2O4S. The lowest BCUT2D eigenvalue weighted by Crippen LogP contribution is -2.40. The van der Waals surface area contributed by atoms with E-state index in [2.05, 4.69) is 12.2 Å². The minimum atomic E-state index is -3.59. The Labute approximate surface area is 150 Å². The predicted molar refractivity (Wildman–Crippen MR) is 97.1 cm³/mol. The molecule has 0 saturated carbocycles. The molecule has 1 fully saturated rings. The van der Waals surface area contributed by atoms with Crippen molar-refractivity contribution >= 4 is 15.9 Å². The molecule has 0 unspecified atom stereocenters. The maximum absolute atomic E-state index is 12.7. The third-order valence-corrected chi connectivity index (χ3v) is 6.22. The molecule has 6 nitrogen and oxygen atoms in total. The van der Waals surface area contributed by atoms with Gasteiger partial charge in [0.1, 0.15) is 0 Å². The number of unbranched alkanes of at least 4 members (excludes halogenated alkanes) is 2. The van der Waals surface area contributed by atoms with E-state index < -0.39 is 10.0 Å². The second-order valence-corrected chi connectivity index (χ2v) is 8.35. The van der Waals surface area contributed by atoms with Gasteiger partial charge in [-0.1, -0.05) is 32.3 Å². The molecule has 1 amide bonds. The highest BCUT2D eigenvalue weighted by molar-refractivity contribution is 7.89. The first kappa shape index (κ1) is 19.9. The number of ether oxygens (including phenoxy) is 1. The van der Waals surface area contributed by atoms with Crippen LogP contribution in [0.1, 0.15) is 49.9 Å². The van der Waals surface area contributed by atoms with E-state index in [0.29, 0.717) is 31.9 Å². The van der Waals surface area contributed by atoms with Gasteiger partial charge in [-0.05, 0) is 31.5 Å². The number of amides is 1. The zero-order chi connectivity index (χ0) is 18.3. The van der Waals surface area contributed by atoms with Crippen molar-refractivity contribution in [2.24, 2.45) is 0 Å². The molecule has 1 saturated heterocycles. The summed E-state index contributed by atoms with van der Waals surface area (Å²) in [6.07, 6.45) is 4.28. The Morgan fingerprint density at radius 2 is 2.00 bits per heavy atom. The number of nitrogens with one attached hydrogen (secondary N) is 1. The molecule has 25 heavy (non-hydrogen) atoms. The van der Waals surface area contributed by atoms with Gasteiger partial charge in [0, 0.05) is 24.7 Å². The number of rotatable bonds is 8. The summed E-state index contributed by atoms with van der Waals surface area (Å²) in [6, 6.07) is 6.32. The molecule has 1 atom stereocenters. The molecular weight excluding hydrogens is 340 g/mol. The summed E-state index contributed by atoms with van der Waals surface area (Å²) in [5, 5.41) is 2.95. The lowest BCUT2D eigenvalue weighted by molar-refractivity contribution is 0.0730. The summed E-state index contributed by atoms with van der Waals surface area (Å²) in [7, 11) is -3.59. The lowest BCUT2D eigenvalue weighted by atomic mass is 10.1. The Kier molecular flexibility index (Phi) is 7.40. The minimum absolute atomic E-state index is 0.0681. The number of sulfonamides is 1. The molecule has 140 valence electrons. The quantitative estimate of drug-likeness (QED) is 0.715. The van der Waals surface area contributed by atoms with Gasteiger partial charge in [-0.3, -0.25) is 4.79 Å². The van der Waals surface area contributed by atoms with E-state index in [9.17, 15) is 13.2 Å². The van der Waals surface area contributed by atoms with E-state index in [0.717, 1.165) is 25.7 Å². The van der Waals surface area contributed by atoms with Crippen molar-refractivity contribution in [2.45, 2.75) is 50.5 Å². The van der Waals surface area contributed by atoms with Gasteiger partial charge in [0.2, 0.25) is 10.0 Å². The van der Waals surface area contributed by atoms with Gasteiger partial charge in [-0.2, -0.15) is 4.31 Å². The largest absolute Gasteiger partial charge is 0.379 e. The molecule has 1 N–H and O–H groups in total. The van der Waals surface area contributed by atoms with E-state index in [-0.39, 0.29) is 16.8 Å². The van der Waals surface area contributed by atoms with Crippen LogP contribution in [0, 0.1) is 0 Å². The Morgan fingerprint density at radius 1 is 1.28 bits per heavy atom. The summed E-state index contributed by atoms with van der Waals surface area (Å²) in [4.78, 5) is 12.6. The standard InChI is InChI=1S/C18H28N2O4S/c1-3-4-5-7-15(2)19-18(21)16-8-6-9-17(14-16)25(22,23)20-10-12-24-13-11-20/h6,8-9,14-15H,3-5,7,10-13H2,1-2H3,(H,19,21)/t15-/m0/s1. The van der Waals surface area contributed by atoms with Gasteiger partial charge >= 0.3 is 0 Å². The minimum Gasteiger partial charge on any atom is -0.379 e. The fourth-order valence-corrected chi connectivity index (χ4v) is 4.27. The summed E-state index contributed by atoms with van der Waals surface area (Å²) in [5.74, 6) is -0.233. The van der Waals surface area contributed by atoms with Crippen LogP contribution in [-0.4, -0.2) is 51.0 Å². The molecule has 2 rings (SSSR count). The predicted octanol–water partition coefficient (Wildman–Crippen LogP) is 2.41. The third-order valence-electron chi connectivity index (χ3n) is 4.32. The molecule has 0 radical (unpaired) electrons. The van der Waals surface area contributed by atoms with E-state index in [1.54, 1.807) is 12.1 Å². The van der Waals surface area contributed by atoms with E-state index in [1.807, 2.05) is 6.92 Å². The topological polar surface area (TPSA) is 75.7 Å². The van der Waals surface area contributed by atoms with Gasteiger partial charge in [-0.15, -0.1) is 0 Å². The molecule has 0 bridgehead atoms. The number of carbonyl (C=O) groups is 1. The van der Waals surface area contributed by atoms with Crippen molar-refractivity contribution in [3.63, 3.8) is 0 Å². The molecule has 1 aromatic carbocycles. The van der Waals surface area contributed by atoms with Crippen molar-refractivity contribution < 1.29 is 17.9 Å². The molecule has 0 aromatic heterocycles. The van der Waals surface area contributed by atoms with Gasteiger partial charge in [-0.25, -0.2) is 8.42 Å². The molecule has 7 heteroatoms. The molecule has 1 aromatic rings. The summed E-state index contributed by atoms with van der Waals surface area (Å²) in [6.45, 7) is 5.59. The van der Waals surface area contributed by atoms with Crippen molar-refractivity contribution in [1.29, 1.82) is 0 Å². The Balaban J connectivity index is 2.06. The maximum atomic E-state index is 12.7. The van der Waals surface area contributed by atoms with Crippen molar-refractivity contribution in [1.82, 2.24) is 9.62 Å². The van der Waals surface area contributed by atoms with Crippen LogP contribution in [0.3, 0.4) is 0 Å². The van der Waals surface area contributed by atoms with Crippen LogP contribution >= 0.6 is 0 Å². The molecule has 1 aliphatic rings. The fourth-order valence-electron chi connectivity index (χ4n) is 2.81. The number of morpholine rings is 1. The molecule has 1 aliphatic heterocycles. The first-order valence-electron chi connectivity index (χ1n) is 8.94. The van der Waals surface area contributed by atoms with Crippen LogP contribution in [0.5, 0.6) is 0 Å². The SMILES string of the molecule is CCCCC[C@H](C)NC(=O)c1cccc(S(=O)(=O)N2CCOCC2)c1. The van der Waals surface area contributed by atoms with Crippen LogP contribution < -0.4 is 5.32 Å². The van der Waals surface area contributed by atoms with Crippen LogP contribution in [0.2, 0.25) is 0 Å². The molecule has 1 heterocycles. The Hall–Kier alpha value is -1.44. The maximum Gasteiger partial charge on any atom is 0.251 e. The molecule has 0 aliphatic carbocycles. The van der Waals surface area contributed by atoms with E-state index in [4.69, 9.17) is 4.74 Å². The van der Waals surface area contributed by atoms with Crippen molar-refractivity contribution in [3.8, 4) is 0 Å². The second-order valence-electron chi connectivity index (χ2n) is 6.41.